The van der Waals surface area contributed by atoms with Gasteiger partial charge in [-0.05, 0) is 34.6 Å². The molecule has 84 valence electrons. The van der Waals surface area contributed by atoms with Gasteiger partial charge in [-0.25, -0.2) is 4.98 Å². The van der Waals surface area contributed by atoms with E-state index in [4.69, 9.17) is 4.74 Å². The number of nitrogens with zero attached hydrogens (tertiary/aromatic N) is 2. The molecule has 0 spiro atoms. The van der Waals surface area contributed by atoms with E-state index in [9.17, 15) is 0 Å². The van der Waals surface area contributed by atoms with Crippen LogP contribution in [-0.2, 0) is 0 Å². The fourth-order valence-corrected chi connectivity index (χ4v) is 1.21. The lowest BCUT2D eigenvalue weighted by Crippen LogP contribution is -2.13. The van der Waals surface area contributed by atoms with Crippen molar-refractivity contribution >= 4 is 5.82 Å². The van der Waals surface area contributed by atoms with Gasteiger partial charge in [0.1, 0.15) is 11.6 Å². The maximum absolute atomic E-state index is 5.53. The lowest BCUT2D eigenvalue weighted by molar-refractivity contribution is 0.232. The van der Waals surface area contributed by atoms with Crippen molar-refractivity contribution < 1.29 is 4.74 Å². The third-order valence-electron chi connectivity index (χ3n) is 1.61. The van der Waals surface area contributed by atoms with Crippen molar-refractivity contribution in [3.05, 3.63) is 11.9 Å². The quantitative estimate of drug-likeness (QED) is 0.827. The van der Waals surface area contributed by atoms with E-state index in [-0.39, 0.29) is 6.10 Å². The first-order valence-corrected chi connectivity index (χ1v) is 5.26. The Morgan fingerprint density at radius 3 is 2.40 bits per heavy atom. The molecule has 0 aliphatic heterocycles. The fraction of sp³-hybridized carbons (Fsp3) is 0.636. The molecule has 0 radical (unpaired) electrons. The zero-order valence-corrected chi connectivity index (χ0v) is 10.0. The van der Waals surface area contributed by atoms with Gasteiger partial charge in [-0.15, -0.1) is 0 Å². The highest BCUT2D eigenvalue weighted by molar-refractivity contribution is 5.39. The molecule has 0 fully saturated rings. The van der Waals surface area contributed by atoms with Gasteiger partial charge in [0.2, 0.25) is 5.88 Å². The van der Waals surface area contributed by atoms with Crippen LogP contribution in [-0.4, -0.2) is 22.1 Å². The highest BCUT2D eigenvalue weighted by Gasteiger charge is 2.05. The Balaban J connectivity index is 2.84. The Morgan fingerprint density at radius 2 is 1.87 bits per heavy atom. The molecule has 0 saturated heterocycles. The Bertz CT molecular complexity index is 295. The van der Waals surface area contributed by atoms with E-state index in [1.54, 1.807) is 0 Å². The first-order valence-electron chi connectivity index (χ1n) is 5.26. The molecule has 0 unspecified atom stereocenters. The van der Waals surface area contributed by atoms with Crippen LogP contribution in [0.2, 0.25) is 0 Å². The summed E-state index contributed by atoms with van der Waals surface area (Å²) in [6.07, 6.45) is 0.131. The molecule has 0 aliphatic rings. The SMILES string of the molecule is Cc1nc(NC(C)C)cc(OC(C)C)n1. The van der Waals surface area contributed by atoms with Gasteiger partial charge in [-0.2, -0.15) is 4.98 Å². The van der Waals surface area contributed by atoms with Gasteiger partial charge in [0.25, 0.3) is 0 Å². The van der Waals surface area contributed by atoms with Crippen LogP contribution < -0.4 is 10.1 Å². The van der Waals surface area contributed by atoms with Crippen LogP contribution in [0.4, 0.5) is 5.82 Å². The highest BCUT2D eigenvalue weighted by atomic mass is 16.5. The highest BCUT2D eigenvalue weighted by Crippen LogP contribution is 2.15. The summed E-state index contributed by atoms with van der Waals surface area (Å²) in [5.74, 6) is 2.16. The molecule has 0 aromatic carbocycles. The zero-order chi connectivity index (χ0) is 11.4. The van der Waals surface area contributed by atoms with Crippen LogP contribution >= 0.6 is 0 Å². The molecule has 1 rings (SSSR count). The average molecular weight is 209 g/mol. The number of aromatic nitrogens is 2. The summed E-state index contributed by atoms with van der Waals surface area (Å²) < 4.78 is 5.53. The Morgan fingerprint density at radius 1 is 1.20 bits per heavy atom. The predicted molar refractivity (Wildman–Crippen MR) is 61.3 cm³/mol. The molecule has 0 amide bonds. The van der Waals surface area contributed by atoms with Gasteiger partial charge >= 0.3 is 0 Å². The standard InChI is InChI=1S/C11H19N3O/c1-7(2)12-10-6-11(15-8(3)4)14-9(5)13-10/h6-8H,1-5H3,(H,12,13,14). The van der Waals surface area contributed by atoms with E-state index in [0.717, 1.165) is 11.6 Å². The first-order chi connectivity index (χ1) is 6.97. The summed E-state index contributed by atoms with van der Waals surface area (Å²) in [5.41, 5.74) is 0. The van der Waals surface area contributed by atoms with Crippen LogP contribution in [0, 0.1) is 6.92 Å². The fourth-order valence-electron chi connectivity index (χ4n) is 1.21. The van der Waals surface area contributed by atoms with E-state index in [2.05, 4.69) is 29.1 Å². The normalized spacial score (nSPS) is 10.9. The van der Waals surface area contributed by atoms with Crippen LogP contribution in [0.25, 0.3) is 0 Å². The number of rotatable bonds is 4. The van der Waals surface area contributed by atoms with Crippen LogP contribution in [0.15, 0.2) is 6.07 Å². The number of hydrogen-bond acceptors (Lipinski definition) is 4. The van der Waals surface area contributed by atoms with Crippen LogP contribution in [0.5, 0.6) is 5.88 Å². The second-order valence-electron chi connectivity index (χ2n) is 4.10. The summed E-state index contributed by atoms with van der Waals surface area (Å²) in [6, 6.07) is 2.18. The third kappa shape index (κ3) is 4.14. The summed E-state index contributed by atoms with van der Waals surface area (Å²) >= 11 is 0. The molecule has 1 N–H and O–H groups in total. The van der Waals surface area contributed by atoms with Gasteiger partial charge in [0.15, 0.2) is 0 Å². The average Bonchev–Trinajstić information content (AvgIpc) is 1.98. The topological polar surface area (TPSA) is 47.0 Å². The molecule has 1 heterocycles. The van der Waals surface area contributed by atoms with Crippen molar-refractivity contribution in [3.8, 4) is 5.88 Å². The van der Waals surface area contributed by atoms with Crippen molar-refractivity contribution in [1.82, 2.24) is 9.97 Å². The van der Waals surface area contributed by atoms with Crippen molar-refractivity contribution in [3.63, 3.8) is 0 Å². The smallest absolute Gasteiger partial charge is 0.218 e. The first kappa shape index (κ1) is 11.8. The van der Waals surface area contributed by atoms with Gasteiger partial charge in [0.05, 0.1) is 6.10 Å². The number of ether oxygens (including phenoxy) is 1. The zero-order valence-electron chi connectivity index (χ0n) is 10.0. The van der Waals surface area contributed by atoms with Crippen molar-refractivity contribution in [1.29, 1.82) is 0 Å². The molecule has 0 saturated carbocycles. The van der Waals surface area contributed by atoms with Crippen molar-refractivity contribution in [2.75, 3.05) is 5.32 Å². The second kappa shape index (κ2) is 4.96. The minimum atomic E-state index is 0.131. The minimum absolute atomic E-state index is 0.131. The summed E-state index contributed by atoms with van der Waals surface area (Å²) in [6.45, 7) is 9.96. The van der Waals surface area contributed by atoms with E-state index < -0.39 is 0 Å². The monoisotopic (exact) mass is 209 g/mol. The Hall–Kier alpha value is -1.32. The number of nitrogens with one attached hydrogen (secondary N) is 1. The van der Waals surface area contributed by atoms with Crippen LogP contribution in [0.1, 0.15) is 33.5 Å². The van der Waals surface area contributed by atoms with Crippen molar-refractivity contribution in [2.24, 2.45) is 0 Å². The molecule has 1 aromatic rings. The molecular weight excluding hydrogens is 190 g/mol. The summed E-state index contributed by atoms with van der Waals surface area (Å²) in [7, 11) is 0. The Labute approximate surface area is 91.1 Å². The maximum Gasteiger partial charge on any atom is 0.218 e. The summed E-state index contributed by atoms with van der Waals surface area (Å²) in [4.78, 5) is 8.49. The van der Waals surface area contributed by atoms with Gasteiger partial charge in [0, 0.05) is 12.1 Å². The lowest BCUT2D eigenvalue weighted by atomic mass is 10.4. The van der Waals surface area contributed by atoms with Crippen LogP contribution in [0.3, 0.4) is 0 Å². The van der Waals surface area contributed by atoms with Gasteiger partial charge < -0.3 is 10.1 Å². The molecular formula is C11H19N3O. The van der Waals surface area contributed by atoms with E-state index in [1.165, 1.54) is 0 Å². The molecule has 4 nitrogen and oxygen atoms in total. The number of aryl methyl sites for hydroxylation is 1. The van der Waals surface area contributed by atoms with E-state index in [1.807, 2.05) is 26.8 Å². The van der Waals surface area contributed by atoms with Gasteiger partial charge in [-0.1, -0.05) is 0 Å². The molecule has 15 heavy (non-hydrogen) atoms. The maximum atomic E-state index is 5.53. The number of hydrogen-bond donors (Lipinski definition) is 1. The second-order valence-corrected chi connectivity index (χ2v) is 4.10. The molecule has 0 bridgehead atoms. The minimum Gasteiger partial charge on any atom is -0.475 e. The number of anilines is 1. The van der Waals surface area contributed by atoms with Gasteiger partial charge in [-0.3, -0.25) is 0 Å². The van der Waals surface area contributed by atoms with E-state index in [0.29, 0.717) is 11.9 Å². The third-order valence-corrected chi connectivity index (χ3v) is 1.61. The molecule has 4 heteroatoms. The molecule has 0 aliphatic carbocycles. The lowest BCUT2D eigenvalue weighted by Gasteiger charge is -2.13. The largest absolute Gasteiger partial charge is 0.475 e. The summed E-state index contributed by atoms with van der Waals surface area (Å²) in [5, 5.41) is 3.23. The van der Waals surface area contributed by atoms with E-state index >= 15 is 0 Å². The molecule has 1 aromatic heterocycles. The molecule has 0 atom stereocenters. The Kier molecular flexibility index (Phi) is 3.88. The van der Waals surface area contributed by atoms with Crippen molar-refractivity contribution in [2.45, 2.75) is 46.8 Å². The predicted octanol–water partition coefficient (Wildman–Crippen LogP) is 2.39.